The minimum atomic E-state index is -4.19. The van der Waals surface area contributed by atoms with Gasteiger partial charge in [0.25, 0.3) is 10.0 Å². The third kappa shape index (κ3) is 7.79. The number of carbonyl (C=O) groups excluding carboxylic acids is 2. The maximum absolute atomic E-state index is 14.2. The normalized spacial score (nSPS) is 12.6. The highest BCUT2D eigenvalue weighted by Gasteiger charge is 2.34. The summed E-state index contributed by atoms with van der Waals surface area (Å²) in [6.07, 6.45) is 1.06. The summed E-state index contributed by atoms with van der Waals surface area (Å²) >= 11 is 0. The Hall–Kier alpha value is -4.05. The molecule has 3 aromatic rings. The number of anilines is 1. The highest BCUT2D eigenvalue weighted by atomic mass is 32.2. The maximum atomic E-state index is 14.2. The molecule has 2 amide bonds. The quantitative estimate of drug-likeness (QED) is 0.298. The first-order chi connectivity index (χ1) is 19.7. The van der Waals surface area contributed by atoms with E-state index >= 15 is 0 Å². The number of hydrogen-bond donors (Lipinski definition) is 1. The van der Waals surface area contributed by atoms with Crippen LogP contribution in [0, 0.1) is 0 Å². The Labute approximate surface area is 243 Å². The number of carbonyl (C=O) groups is 2. The molecular weight excluding hydrogens is 542 g/mol. The van der Waals surface area contributed by atoms with E-state index < -0.39 is 28.5 Å². The zero-order valence-corrected chi connectivity index (χ0v) is 25.1. The van der Waals surface area contributed by atoms with Crippen molar-refractivity contribution >= 4 is 27.5 Å². The lowest BCUT2D eigenvalue weighted by molar-refractivity contribution is -0.140. The van der Waals surface area contributed by atoms with Gasteiger partial charge in [-0.05, 0) is 61.7 Å². The second kappa shape index (κ2) is 14.5. The van der Waals surface area contributed by atoms with Gasteiger partial charge < -0.3 is 19.7 Å². The summed E-state index contributed by atoms with van der Waals surface area (Å²) in [5.41, 5.74) is 0.952. The van der Waals surface area contributed by atoms with Gasteiger partial charge in [0.1, 0.15) is 24.1 Å². The van der Waals surface area contributed by atoms with Gasteiger partial charge in [-0.25, -0.2) is 8.42 Å². The molecule has 10 heteroatoms. The molecule has 0 heterocycles. The molecule has 3 rings (SSSR count). The number of ether oxygens (including phenoxy) is 2. The second-order valence-electron chi connectivity index (χ2n) is 9.61. The molecule has 0 fully saturated rings. The van der Waals surface area contributed by atoms with E-state index in [1.165, 1.54) is 24.1 Å². The van der Waals surface area contributed by atoms with Crippen LogP contribution in [0.15, 0.2) is 83.8 Å². The van der Waals surface area contributed by atoms with Crippen molar-refractivity contribution < 1.29 is 27.5 Å². The Morgan fingerprint density at radius 2 is 1.56 bits per heavy atom. The van der Waals surface area contributed by atoms with Gasteiger partial charge in [-0.2, -0.15) is 0 Å². The van der Waals surface area contributed by atoms with Crippen LogP contribution in [0.3, 0.4) is 0 Å². The first-order valence-electron chi connectivity index (χ1n) is 13.6. The van der Waals surface area contributed by atoms with Gasteiger partial charge in [0, 0.05) is 12.6 Å². The maximum Gasteiger partial charge on any atom is 0.264 e. The third-order valence-electron chi connectivity index (χ3n) is 6.84. The number of para-hydroxylation sites is 2. The average molecular weight is 582 g/mol. The summed E-state index contributed by atoms with van der Waals surface area (Å²) in [6, 6.07) is 20.8. The minimum absolute atomic E-state index is 0.0274. The van der Waals surface area contributed by atoms with Gasteiger partial charge in [-0.3, -0.25) is 13.9 Å². The summed E-state index contributed by atoms with van der Waals surface area (Å²) in [4.78, 5) is 29.1. The molecule has 0 aliphatic rings. The lowest BCUT2D eigenvalue weighted by Crippen LogP contribution is -2.53. The van der Waals surface area contributed by atoms with Gasteiger partial charge in [0.05, 0.1) is 24.8 Å². The standard InChI is InChI=1S/C31H39N3O6S/c1-6-23(3)32-31(36)27(7-2)33(21-24-14-13-15-25(20-24)39-4)30(35)22-34(28-18-11-12-19-29(28)40-5)41(37,38)26-16-9-8-10-17-26/h8-20,23,27H,6-7,21-22H2,1-5H3,(H,32,36)/t23-,27+/m1/s1. The van der Waals surface area contributed by atoms with Crippen molar-refractivity contribution in [2.75, 3.05) is 25.1 Å². The predicted molar refractivity (Wildman–Crippen MR) is 159 cm³/mol. The molecule has 0 unspecified atom stereocenters. The molecule has 220 valence electrons. The minimum Gasteiger partial charge on any atom is -0.497 e. The van der Waals surface area contributed by atoms with Crippen molar-refractivity contribution in [3.8, 4) is 11.5 Å². The fourth-order valence-corrected chi connectivity index (χ4v) is 5.84. The number of benzene rings is 3. The van der Waals surface area contributed by atoms with Gasteiger partial charge in [0.15, 0.2) is 0 Å². The summed E-state index contributed by atoms with van der Waals surface area (Å²) in [6.45, 7) is 5.22. The molecule has 0 radical (unpaired) electrons. The van der Waals surface area contributed by atoms with Crippen LogP contribution in [0.4, 0.5) is 5.69 Å². The fraction of sp³-hybridized carbons (Fsp3) is 0.355. The van der Waals surface area contributed by atoms with Gasteiger partial charge in [-0.15, -0.1) is 0 Å². The van der Waals surface area contributed by atoms with E-state index in [4.69, 9.17) is 9.47 Å². The second-order valence-corrected chi connectivity index (χ2v) is 11.5. The number of sulfonamides is 1. The SMILES string of the molecule is CC[C@@H](C)NC(=O)[C@H](CC)N(Cc1cccc(OC)c1)C(=O)CN(c1ccccc1OC)S(=O)(=O)c1ccccc1. The summed E-state index contributed by atoms with van der Waals surface area (Å²) in [7, 11) is -1.20. The van der Waals surface area contributed by atoms with Crippen LogP contribution in [-0.2, 0) is 26.2 Å². The molecule has 0 spiro atoms. The van der Waals surface area contributed by atoms with Crippen LogP contribution in [-0.4, -0.2) is 58.0 Å². The highest BCUT2D eigenvalue weighted by Crippen LogP contribution is 2.32. The van der Waals surface area contributed by atoms with Crippen molar-refractivity contribution in [3.63, 3.8) is 0 Å². The Bertz CT molecular complexity index is 1410. The Balaban J connectivity index is 2.09. The summed E-state index contributed by atoms with van der Waals surface area (Å²) in [5, 5.41) is 2.97. The van der Waals surface area contributed by atoms with Crippen molar-refractivity contribution in [3.05, 3.63) is 84.4 Å². The highest BCUT2D eigenvalue weighted by molar-refractivity contribution is 7.92. The molecule has 9 nitrogen and oxygen atoms in total. The third-order valence-corrected chi connectivity index (χ3v) is 8.61. The Morgan fingerprint density at radius 1 is 0.878 bits per heavy atom. The smallest absolute Gasteiger partial charge is 0.264 e. The number of amides is 2. The molecule has 3 aromatic carbocycles. The van der Waals surface area contributed by atoms with Gasteiger partial charge in [0.2, 0.25) is 11.8 Å². The first kappa shape index (κ1) is 31.5. The number of rotatable bonds is 14. The van der Waals surface area contributed by atoms with Crippen LogP contribution in [0.1, 0.15) is 39.2 Å². The molecule has 0 aliphatic heterocycles. The van der Waals surface area contributed by atoms with E-state index in [2.05, 4.69) is 5.32 Å². The van der Waals surface area contributed by atoms with Crippen molar-refractivity contribution in [2.45, 2.75) is 57.1 Å². The first-order valence-corrected chi connectivity index (χ1v) is 15.0. The van der Waals surface area contributed by atoms with Gasteiger partial charge >= 0.3 is 0 Å². The average Bonchev–Trinajstić information content (AvgIpc) is 2.99. The van der Waals surface area contributed by atoms with Crippen LogP contribution in [0.5, 0.6) is 11.5 Å². The van der Waals surface area contributed by atoms with E-state index in [1.54, 1.807) is 67.8 Å². The fourth-order valence-electron chi connectivity index (χ4n) is 4.40. The van der Waals surface area contributed by atoms with Crippen LogP contribution < -0.4 is 19.1 Å². The number of methoxy groups -OCH3 is 2. The summed E-state index contributed by atoms with van der Waals surface area (Å²) < 4.78 is 39.8. The Kier molecular flexibility index (Phi) is 11.2. The zero-order valence-electron chi connectivity index (χ0n) is 24.2. The molecule has 1 N–H and O–H groups in total. The topological polar surface area (TPSA) is 105 Å². The summed E-state index contributed by atoms with van der Waals surface area (Å²) in [5.74, 6) is 0.0623. The van der Waals surface area contributed by atoms with E-state index in [9.17, 15) is 18.0 Å². The largest absolute Gasteiger partial charge is 0.497 e. The molecule has 41 heavy (non-hydrogen) atoms. The van der Waals surface area contributed by atoms with Gasteiger partial charge in [-0.1, -0.05) is 56.3 Å². The van der Waals surface area contributed by atoms with Crippen molar-refractivity contribution in [1.82, 2.24) is 10.2 Å². The molecular formula is C31H39N3O6S. The van der Waals surface area contributed by atoms with E-state index in [0.29, 0.717) is 17.9 Å². The molecule has 0 saturated carbocycles. The van der Waals surface area contributed by atoms with Crippen LogP contribution in [0.25, 0.3) is 0 Å². The van der Waals surface area contributed by atoms with E-state index in [1.807, 2.05) is 26.8 Å². The lowest BCUT2D eigenvalue weighted by Gasteiger charge is -2.34. The van der Waals surface area contributed by atoms with Crippen molar-refractivity contribution in [1.29, 1.82) is 0 Å². The Morgan fingerprint density at radius 3 is 2.20 bits per heavy atom. The van der Waals surface area contributed by atoms with Crippen LogP contribution >= 0.6 is 0 Å². The zero-order chi connectivity index (χ0) is 30.0. The molecule has 0 bridgehead atoms. The van der Waals surface area contributed by atoms with Crippen LogP contribution in [0.2, 0.25) is 0 Å². The molecule has 0 aromatic heterocycles. The predicted octanol–water partition coefficient (Wildman–Crippen LogP) is 4.62. The monoisotopic (exact) mass is 581 g/mol. The number of nitrogens with zero attached hydrogens (tertiary/aromatic N) is 2. The number of nitrogens with one attached hydrogen (secondary N) is 1. The van der Waals surface area contributed by atoms with E-state index in [-0.39, 0.29) is 29.1 Å². The van der Waals surface area contributed by atoms with E-state index in [0.717, 1.165) is 16.3 Å². The molecule has 0 saturated heterocycles. The molecule has 2 atom stereocenters. The molecule has 0 aliphatic carbocycles. The lowest BCUT2D eigenvalue weighted by atomic mass is 10.1. The number of hydrogen-bond acceptors (Lipinski definition) is 6. The van der Waals surface area contributed by atoms with Crippen molar-refractivity contribution in [2.24, 2.45) is 0 Å².